The molecule has 0 fully saturated rings. The predicted octanol–water partition coefficient (Wildman–Crippen LogP) is 3.94. The molecule has 0 aliphatic rings. The Kier molecular flexibility index (Phi) is 4.98. The van der Waals surface area contributed by atoms with Gasteiger partial charge in [-0.05, 0) is 42.0 Å². The summed E-state index contributed by atoms with van der Waals surface area (Å²) in [6.07, 6.45) is 0. The van der Waals surface area contributed by atoms with Gasteiger partial charge in [-0.3, -0.25) is 4.98 Å². The van der Waals surface area contributed by atoms with Crippen LogP contribution >= 0.6 is 11.3 Å². The van der Waals surface area contributed by atoms with Crippen molar-refractivity contribution in [3.63, 3.8) is 0 Å². The van der Waals surface area contributed by atoms with E-state index in [1.54, 1.807) is 24.3 Å². The van der Waals surface area contributed by atoms with E-state index >= 15 is 0 Å². The lowest BCUT2D eigenvalue weighted by Gasteiger charge is -2.06. The Morgan fingerprint density at radius 2 is 1.88 bits per heavy atom. The fourth-order valence-electron chi connectivity index (χ4n) is 2.24. The van der Waals surface area contributed by atoms with Crippen molar-refractivity contribution in [3.8, 4) is 10.6 Å². The maximum absolute atomic E-state index is 12.9. The van der Waals surface area contributed by atoms with Gasteiger partial charge >= 0.3 is 5.97 Å². The number of aromatic nitrogens is 1. The van der Waals surface area contributed by atoms with E-state index in [9.17, 15) is 9.18 Å². The third kappa shape index (κ3) is 4.04. The highest BCUT2D eigenvalue weighted by atomic mass is 32.1. The quantitative estimate of drug-likeness (QED) is 0.712. The van der Waals surface area contributed by atoms with Crippen LogP contribution in [0.15, 0.2) is 54.6 Å². The Bertz CT molecular complexity index is 846. The van der Waals surface area contributed by atoms with Gasteiger partial charge in [-0.15, -0.1) is 11.3 Å². The molecule has 0 atom stereocenters. The van der Waals surface area contributed by atoms with Crippen molar-refractivity contribution in [2.24, 2.45) is 0 Å². The molecule has 2 aromatic heterocycles. The van der Waals surface area contributed by atoms with Crippen LogP contribution in [0.4, 0.5) is 4.39 Å². The van der Waals surface area contributed by atoms with Crippen LogP contribution in [0.1, 0.15) is 20.9 Å². The Balaban J connectivity index is 1.64. The lowest BCUT2D eigenvalue weighted by molar-refractivity contribution is 0.0702. The molecule has 3 aromatic rings. The van der Waals surface area contributed by atoms with Crippen molar-refractivity contribution in [1.82, 2.24) is 10.3 Å². The number of carbonyl (C=O) groups is 1. The fourth-order valence-corrected chi connectivity index (χ4v) is 3.06. The van der Waals surface area contributed by atoms with Crippen molar-refractivity contribution in [2.75, 3.05) is 0 Å². The minimum Gasteiger partial charge on any atom is -0.477 e. The van der Waals surface area contributed by atoms with Crippen molar-refractivity contribution in [2.45, 2.75) is 13.1 Å². The number of thiophene rings is 1. The van der Waals surface area contributed by atoms with Gasteiger partial charge in [-0.1, -0.05) is 18.2 Å². The zero-order valence-electron chi connectivity index (χ0n) is 12.7. The first kappa shape index (κ1) is 16.3. The number of pyridine rings is 1. The first-order valence-corrected chi connectivity index (χ1v) is 8.18. The van der Waals surface area contributed by atoms with E-state index in [1.807, 2.05) is 18.2 Å². The van der Waals surface area contributed by atoms with Gasteiger partial charge in [0.2, 0.25) is 0 Å². The molecule has 0 radical (unpaired) electrons. The summed E-state index contributed by atoms with van der Waals surface area (Å²) in [5, 5.41) is 12.3. The molecule has 2 N–H and O–H groups in total. The number of nitrogens with one attached hydrogen (secondary N) is 1. The van der Waals surface area contributed by atoms with Crippen LogP contribution < -0.4 is 5.32 Å². The monoisotopic (exact) mass is 342 g/mol. The molecule has 4 nitrogen and oxygen atoms in total. The lowest BCUT2D eigenvalue weighted by Crippen LogP contribution is -2.13. The number of aromatic carboxylic acids is 1. The van der Waals surface area contributed by atoms with Crippen LogP contribution in [0.3, 0.4) is 0 Å². The zero-order chi connectivity index (χ0) is 16.9. The van der Waals surface area contributed by atoms with E-state index in [0.29, 0.717) is 18.0 Å². The number of hydrogen-bond acceptors (Lipinski definition) is 4. The molecule has 3 rings (SSSR count). The summed E-state index contributed by atoms with van der Waals surface area (Å²) in [6, 6.07) is 15.4. The number of halogens is 1. The second-order valence-corrected chi connectivity index (χ2v) is 6.30. The largest absolute Gasteiger partial charge is 0.477 e. The van der Waals surface area contributed by atoms with Crippen molar-refractivity contribution in [1.29, 1.82) is 0 Å². The van der Waals surface area contributed by atoms with Gasteiger partial charge in [0.1, 0.15) is 10.7 Å². The minimum atomic E-state index is -0.927. The summed E-state index contributed by atoms with van der Waals surface area (Å²) >= 11 is 1.21. The molecule has 0 aliphatic heterocycles. The smallest absolute Gasteiger partial charge is 0.345 e. The summed E-state index contributed by atoms with van der Waals surface area (Å²) in [6.45, 7) is 1.19. The molecular formula is C18H15FN2O2S. The summed E-state index contributed by atoms with van der Waals surface area (Å²) in [7, 11) is 0. The average molecular weight is 342 g/mol. The molecule has 0 amide bonds. The average Bonchev–Trinajstić information content (AvgIpc) is 3.07. The van der Waals surface area contributed by atoms with E-state index in [0.717, 1.165) is 21.8 Å². The Hall–Kier alpha value is -2.57. The van der Waals surface area contributed by atoms with Crippen LogP contribution in [0.5, 0.6) is 0 Å². The van der Waals surface area contributed by atoms with Gasteiger partial charge in [0.15, 0.2) is 0 Å². The number of rotatable bonds is 6. The normalized spacial score (nSPS) is 10.7. The number of carboxylic acid groups (broad SMARTS) is 1. The summed E-state index contributed by atoms with van der Waals surface area (Å²) in [5.41, 5.74) is 2.62. The highest BCUT2D eigenvalue weighted by Crippen LogP contribution is 2.26. The van der Waals surface area contributed by atoms with E-state index in [-0.39, 0.29) is 5.82 Å². The van der Waals surface area contributed by atoms with Gasteiger partial charge < -0.3 is 10.4 Å². The fraction of sp³-hybridized carbons (Fsp3) is 0.111. The van der Waals surface area contributed by atoms with Gasteiger partial charge in [-0.2, -0.15) is 0 Å². The first-order valence-electron chi connectivity index (χ1n) is 7.36. The molecule has 0 bridgehead atoms. The van der Waals surface area contributed by atoms with Crippen LogP contribution in [0.25, 0.3) is 10.6 Å². The van der Waals surface area contributed by atoms with E-state index in [4.69, 9.17) is 5.11 Å². The number of nitrogens with zero attached hydrogens (tertiary/aromatic N) is 1. The molecule has 6 heteroatoms. The number of hydrogen-bond donors (Lipinski definition) is 2. The summed E-state index contributed by atoms with van der Waals surface area (Å²) in [4.78, 5) is 16.6. The molecule has 0 unspecified atom stereocenters. The van der Waals surface area contributed by atoms with E-state index < -0.39 is 5.97 Å². The second kappa shape index (κ2) is 7.33. The molecule has 0 spiro atoms. The molecule has 2 heterocycles. The Morgan fingerprint density at radius 3 is 2.58 bits per heavy atom. The molecule has 0 saturated carbocycles. The molecular weight excluding hydrogens is 327 g/mol. The van der Waals surface area contributed by atoms with Crippen molar-refractivity contribution < 1.29 is 14.3 Å². The van der Waals surface area contributed by atoms with Gasteiger partial charge in [0.25, 0.3) is 0 Å². The first-order chi connectivity index (χ1) is 11.6. The predicted molar refractivity (Wildman–Crippen MR) is 91.5 cm³/mol. The van der Waals surface area contributed by atoms with Crippen LogP contribution in [-0.4, -0.2) is 16.1 Å². The third-order valence-electron chi connectivity index (χ3n) is 3.42. The van der Waals surface area contributed by atoms with Gasteiger partial charge in [-0.25, -0.2) is 9.18 Å². The summed E-state index contributed by atoms with van der Waals surface area (Å²) in [5.74, 6) is -1.17. The van der Waals surface area contributed by atoms with Crippen LogP contribution in [0.2, 0.25) is 0 Å². The molecule has 0 saturated heterocycles. The second-order valence-electron chi connectivity index (χ2n) is 5.21. The van der Waals surface area contributed by atoms with Gasteiger partial charge in [0.05, 0.1) is 16.3 Å². The highest BCUT2D eigenvalue weighted by molar-refractivity contribution is 7.17. The standard InChI is InChI=1S/C18H15FN2O2S/c19-13-6-4-12(5-7-13)10-20-11-14-2-1-3-15(21-14)16-8-9-17(24-16)18(22)23/h1-9,20H,10-11H2,(H,22,23). The molecule has 0 aliphatic carbocycles. The molecule has 24 heavy (non-hydrogen) atoms. The zero-order valence-corrected chi connectivity index (χ0v) is 13.5. The van der Waals surface area contributed by atoms with Crippen LogP contribution in [-0.2, 0) is 13.1 Å². The van der Waals surface area contributed by atoms with Crippen molar-refractivity contribution >= 4 is 17.3 Å². The Labute approximate surface area is 142 Å². The SMILES string of the molecule is O=C(O)c1ccc(-c2cccc(CNCc3ccc(F)cc3)n2)s1. The maximum Gasteiger partial charge on any atom is 0.345 e. The van der Waals surface area contributed by atoms with E-state index in [2.05, 4.69) is 10.3 Å². The topological polar surface area (TPSA) is 62.2 Å². The maximum atomic E-state index is 12.9. The Morgan fingerprint density at radius 1 is 1.08 bits per heavy atom. The molecule has 1 aromatic carbocycles. The van der Waals surface area contributed by atoms with E-state index in [1.165, 1.54) is 23.5 Å². The van der Waals surface area contributed by atoms with Gasteiger partial charge in [0, 0.05) is 13.1 Å². The molecule has 122 valence electrons. The summed E-state index contributed by atoms with van der Waals surface area (Å²) < 4.78 is 12.9. The number of benzene rings is 1. The van der Waals surface area contributed by atoms with Crippen molar-refractivity contribution in [3.05, 3.63) is 76.5 Å². The third-order valence-corrected chi connectivity index (χ3v) is 4.52. The highest BCUT2D eigenvalue weighted by Gasteiger charge is 2.09. The minimum absolute atomic E-state index is 0.246. The van der Waals surface area contributed by atoms with Crippen LogP contribution in [0, 0.1) is 5.82 Å². The number of carboxylic acids is 1. The lowest BCUT2D eigenvalue weighted by atomic mass is 10.2.